The molecule has 130 valence electrons. The second-order valence-corrected chi connectivity index (χ2v) is 6.03. The molecule has 2 rings (SSSR count). The van der Waals surface area contributed by atoms with E-state index in [1.54, 1.807) is 13.8 Å². The average Bonchev–Trinajstić information content (AvgIpc) is 3.02. The Balaban J connectivity index is 1.87. The summed E-state index contributed by atoms with van der Waals surface area (Å²) < 4.78 is 38.4. The van der Waals surface area contributed by atoms with Crippen LogP contribution in [0.5, 0.6) is 0 Å². The fraction of sp³-hybridized carbons (Fsp3) is 0.733. The summed E-state index contributed by atoms with van der Waals surface area (Å²) in [4.78, 5) is 12.0. The van der Waals surface area contributed by atoms with Gasteiger partial charge in [0.25, 0.3) is 0 Å². The van der Waals surface area contributed by atoms with E-state index in [9.17, 15) is 18.0 Å². The van der Waals surface area contributed by atoms with Crippen molar-refractivity contribution in [1.29, 1.82) is 0 Å². The lowest BCUT2D eigenvalue weighted by molar-refractivity contribution is -0.142. The average molecular weight is 332 g/mol. The summed E-state index contributed by atoms with van der Waals surface area (Å²) in [7, 11) is 0. The van der Waals surface area contributed by atoms with Crippen LogP contribution in [0.15, 0.2) is 0 Å². The molecule has 0 aromatic carbocycles. The predicted molar refractivity (Wildman–Crippen MR) is 80.1 cm³/mol. The van der Waals surface area contributed by atoms with Crippen molar-refractivity contribution < 1.29 is 18.0 Å². The number of rotatable bonds is 6. The third kappa shape index (κ3) is 5.23. The molecule has 0 bridgehead atoms. The number of aryl methyl sites for hydroxylation is 1. The molecule has 2 N–H and O–H groups in total. The standard InChI is InChI=1S/C15H23F3N4O/c1-10-13(11(2)22(21-10)9-15(16,17)18)8-14(23)20-7-5-12-4-3-6-19-12/h12,19H,3-9H2,1-2H3,(H,20,23)/t12-/m1/s1. The first-order valence-electron chi connectivity index (χ1n) is 7.86. The molecular weight excluding hydrogens is 309 g/mol. The van der Waals surface area contributed by atoms with Crippen molar-refractivity contribution in [1.82, 2.24) is 20.4 Å². The first kappa shape index (κ1) is 17.8. The Hall–Kier alpha value is -1.57. The SMILES string of the molecule is Cc1nn(CC(F)(F)F)c(C)c1CC(=O)NCC[C@H]1CCCN1. The molecule has 1 amide bonds. The quantitative estimate of drug-likeness (QED) is 0.836. The molecule has 1 aromatic rings. The largest absolute Gasteiger partial charge is 0.408 e. The summed E-state index contributed by atoms with van der Waals surface area (Å²) in [5.74, 6) is -0.180. The maximum absolute atomic E-state index is 12.5. The number of carbonyl (C=O) groups excluding carboxylic acids is 1. The van der Waals surface area contributed by atoms with E-state index >= 15 is 0 Å². The van der Waals surface area contributed by atoms with Gasteiger partial charge < -0.3 is 10.6 Å². The minimum Gasteiger partial charge on any atom is -0.356 e. The van der Waals surface area contributed by atoms with Crippen molar-refractivity contribution in [2.75, 3.05) is 13.1 Å². The van der Waals surface area contributed by atoms with Gasteiger partial charge in [-0.25, -0.2) is 0 Å². The third-order valence-electron chi connectivity index (χ3n) is 4.18. The van der Waals surface area contributed by atoms with Crippen LogP contribution in [-0.4, -0.2) is 41.0 Å². The van der Waals surface area contributed by atoms with E-state index in [0.29, 0.717) is 29.5 Å². The van der Waals surface area contributed by atoms with Crippen LogP contribution in [0.1, 0.15) is 36.2 Å². The van der Waals surface area contributed by atoms with Crippen LogP contribution >= 0.6 is 0 Å². The molecular formula is C15H23F3N4O. The maximum Gasteiger partial charge on any atom is 0.408 e. The van der Waals surface area contributed by atoms with Gasteiger partial charge in [-0.15, -0.1) is 0 Å². The summed E-state index contributed by atoms with van der Waals surface area (Å²) in [6, 6.07) is 0.452. The number of nitrogens with zero attached hydrogens (tertiary/aromatic N) is 2. The zero-order chi connectivity index (χ0) is 17.0. The van der Waals surface area contributed by atoms with Crippen molar-refractivity contribution in [3.05, 3.63) is 17.0 Å². The van der Waals surface area contributed by atoms with Crippen molar-refractivity contribution in [2.45, 2.75) is 58.3 Å². The van der Waals surface area contributed by atoms with Crippen molar-refractivity contribution >= 4 is 5.91 Å². The molecule has 8 heteroatoms. The number of aromatic nitrogens is 2. The highest BCUT2D eigenvalue weighted by atomic mass is 19.4. The number of alkyl halides is 3. The van der Waals surface area contributed by atoms with E-state index in [-0.39, 0.29) is 12.3 Å². The molecule has 23 heavy (non-hydrogen) atoms. The first-order valence-corrected chi connectivity index (χ1v) is 7.86. The second-order valence-electron chi connectivity index (χ2n) is 6.03. The number of hydrogen-bond acceptors (Lipinski definition) is 3. The van der Waals surface area contributed by atoms with Gasteiger partial charge >= 0.3 is 6.18 Å². The lowest BCUT2D eigenvalue weighted by Gasteiger charge is -2.11. The van der Waals surface area contributed by atoms with Gasteiger partial charge in [0.15, 0.2) is 0 Å². The van der Waals surface area contributed by atoms with Crippen LogP contribution < -0.4 is 10.6 Å². The van der Waals surface area contributed by atoms with Crippen molar-refractivity contribution in [2.24, 2.45) is 0 Å². The van der Waals surface area contributed by atoms with Crippen LogP contribution in [0.25, 0.3) is 0 Å². The molecule has 0 saturated carbocycles. The smallest absolute Gasteiger partial charge is 0.356 e. The molecule has 1 aliphatic rings. The Morgan fingerprint density at radius 3 is 2.78 bits per heavy atom. The van der Waals surface area contributed by atoms with Gasteiger partial charge in [-0.2, -0.15) is 18.3 Å². The molecule has 0 spiro atoms. The van der Waals surface area contributed by atoms with E-state index in [4.69, 9.17) is 0 Å². The van der Waals surface area contributed by atoms with Crippen molar-refractivity contribution in [3.8, 4) is 0 Å². The molecule has 1 aromatic heterocycles. The van der Waals surface area contributed by atoms with Crippen LogP contribution in [0.4, 0.5) is 13.2 Å². The van der Waals surface area contributed by atoms with Gasteiger partial charge in [0.1, 0.15) is 6.54 Å². The maximum atomic E-state index is 12.5. The first-order chi connectivity index (χ1) is 10.8. The lowest BCUT2D eigenvalue weighted by Crippen LogP contribution is -2.31. The Labute approximate surface area is 133 Å². The molecule has 1 fully saturated rings. The Bertz CT molecular complexity index is 548. The Kier molecular flexibility index (Phi) is 5.67. The molecule has 1 atom stereocenters. The zero-order valence-electron chi connectivity index (χ0n) is 13.5. The summed E-state index contributed by atoms with van der Waals surface area (Å²) in [5.41, 5.74) is 1.44. The highest BCUT2D eigenvalue weighted by molar-refractivity contribution is 5.79. The minimum absolute atomic E-state index is 0.0631. The van der Waals surface area contributed by atoms with E-state index in [1.807, 2.05) is 0 Å². The number of hydrogen-bond donors (Lipinski definition) is 2. The monoisotopic (exact) mass is 332 g/mol. The van der Waals surface area contributed by atoms with Gasteiger partial charge in [-0.05, 0) is 39.7 Å². The zero-order valence-corrected chi connectivity index (χ0v) is 13.5. The topological polar surface area (TPSA) is 59.0 Å². The van der Waals surface area contributed by atoms with Crippen LogP contribution in [-0.2, 0) is 17.8 Å². The fourth-order valence-corrected chi connectivity index (χ4v) is 2.93. The normalized spacial score (nSPS) is 18.4. The van der Waals surface area contributed by atoms with E-state index in [0.717, 1.165) is 30.5 Å². The Morgan fingerprint density at radius 1 is 1.43 bits per heavy atom. The molecule has 0 unspecified atom stereocenters. The molecule has 2 heterocycles. The van der Waals surface area contributed by atoms with E-state index in [1.165, 1.54) is 0 Å². The number of carbonyl (C=O) groups is 1. The van der Waals surface area contributed by atoms with Gasteiger partial charge in [0.05, 0.1) is 12.1 Å². The number of halogens is 3. The highest BCUT2D eigenvalue weighted by Gasteiger charge is 2.30. The molecule has 0 radical (unpaired) electrons. The van der Waals surface area contributed by atoms with E-state index < -0.39 is 12.7 Å². The van der Waals surface area contributed by atoms with Crippen LogP contribution in [0.2, 0.25) is 0 Å². The van der Waals surface area contributed by atoms with Gasteiger partial charge in [0.2, 0.25) is 5.91 Å². The molecule has 0 aliphatic carbocycles. The fourth-order valence-electron chi connectivity index (χ4n) is 2.93. The molecule has 5 nitrogen and oxygen atoms in total. The minimum atomic E-state index is -4.32. The summed E-state index contributed by atoms with van der Waals surface area (Å²) >= 11 is 0. The van der Waals surface area contributed by atoms with Crippen LogP contribution in [0, 0.1) is 13.8 Å². The number of amides is 1. The van der Waals surface area contributed by atoms with Crippen molar-refractivity contribution in [3.63, 3.8) is 0 Å². The van der Waals surface area contributed by atoms with E-state index in [2.05, 4.69) is 15.7 Å². The summed E-state index contributed by atoms with van der Waals surface area (Å²) in [6.07, 6.45) is -1.10. The summed E-state index contributed by atoms with van der Waals surface area (Å²) in [6.45, 7) is 3.66. The van der Waals surface area contributed by atoms with Gasteiger partial charge in [-0.1, -0.05) is 0 Å². The highest BCUT2D eigenvalue weighted by Crippen LogP contribution is 2.21. The predicted octanol–water partition coefficient (Wildman–Crippen LogP) is 1.86. The molecule has 1 aliphatic heterocycles. The van der Waals surface area contributed by atoms with Crippen LogP contribution in [0.3, 0.4) is 0 Å². The second kappa shape index (κ2) is 7.33. The third-order valence-corrected chi connectivity index (χ3v) is 4.18. The van der Waals surface area contributed by atoms with Gasteiger partial charge in [0, 0.05) is 23.8 Å². The lowest BCUT2D eigenvalue weighted by atomic mass is 10.1. The summed E-state index contributed by atoms with van der Waals surface area (Å²) in [5, 5.41) is 10.1. The Morgan fingerprint density at radius 2 is 2.17 bits per heavy atom. The number of nitrogens with one attached hydrogen (secondary N) is 2. The van der Waals surface area contributed by atoms with Gasteiger partial charge in [-0.3, -0.25) is 9.48 Å². The molecule has 1 saturated heterocycles.